The Bertz CT molecular complexity index is 781. The zero-order valence-electron chi connectivity index (χ0n) is 16.3. The van der Waals surface area contributed by atoms with Gasteiger partial charge in [-0.1, -0.05) is 19.8 Å². The number of ether oxygens (including phenoxy) is 1. The highest BCUT2D eigenvalue weighted by Crippen LogP contribution is 2.37. The van der Waals surface area contributed by atoms with Crippen LogP contribution in [0.4, 0.5) is 0 Å². The van der Waals surface area contributed by atoms with Crippen LogP contribution in [0.5, 0.6) is 0 Å². The Kier molecular flexibility index (Phi) is 5.23. The number of piperidine rings is 1. The minimum atomic E-state index is -0.343. The van der Waals surface area contributed by atoms with E-state index in [0.717, 1.165) is 19.0 Å². The summed E-state index contributed by atoms with van der Waals surface area (Å²) < 4.78 is 5.89. The lowest BCUT2D eigenvalue weighted by Crippen LogP contribution is -2.56. The number of nitrogens with one attached hydrogen (secondary N) is 2. The van der Waals surface area contributed by atoms with Crippen LogP contribution in [0.3, 0.4) is 0 Å². The molecule has 0 radical (unpaired) electrons. The molecule has 1 aromatic rings. The third-order valence-electron chi connectivity index (χ3n) is 6.57. The van der Waals surface area contributed by atoms with Gasteiger partial charge in [0.15, 0.2) is 0 Å². The number of likely N-dealkylation sites (tertiary alicyclic amines) is 1. The Morgan fingerprint density at radius 1 is 1.36 bits per heavy atom. The van der Waals surface area contributed by atoms with Crippen LogP contribution in [0, 0.1) is 11.3 Å². The molecule has 8 nitrogen and oxygen atoms in total. The Morgan fingerprint density at radius 3 is 2.86 bits per heavy atom. The van der Waals surface area contributed by atoms with Crippen LogP contribution in [0.25, 0.3) is 0 Å². The first-order valence-electron chi connectivity index (χ1n) is 10.2. The number of hydrogen-bond donors (Lipinski definition) is 2. The summed E-state index contributed by atoms with van der Waals surface area (Å²) in [6, 6.07) is -0.132. The van der Waals surface area contributed by atoms with Crippen molar-refractivity contribution in [3.63, 3.8) is 0 Å². The molecule has 1 aromatic heterocycles. The van der Waals surface area contributed by atoms with Gasteiger partial charge in [0.25, 0.3) is 11.5 Å². The second kappa shape index (κ2) is 7.66. The second-order valence-corrected chi connectivity index (χ2v) is 8.62. The summed E-state index contributed by atoms with van der Waals surface area (Å²) in [5.41, 5.74) is 0.0744. The van der Waals surface area contributed by atoms with Crippen molar-refractivity contribution in [3.05, 3.63) is 28.4 Å². The van der Waals surface area contributed by atoms with E-state index in [1.807, 2.05) is 0 Å². The molecule has 4 rings (SSSR count). The molecule has 3 atom stereocenters. The lowest BCUT2D eigenvalue weighted by Gasteiger charge is -2.40. The van der Waals surface area contributed by atoms with E-state index in [9.17, 15) is 14.4 Å². The van der Waals surface area contributed by atoms with Crippen molar-refractivity contribution in [2.45, 2.75) is 57.6 Å². The molecule has 0 spiro atoms. The fourth-order valence-corrected chi connectivity index (χ4v) is 4.90. The van der Waals surface area contributed by atoms with E-state index in [-0.39, 0.29) is 46.5 Å². The van der Waals surface area contributed by atoms with Gasteiger partial charge in [-0.25, -0.2) is 4.98 Å². The molecule has 1 aliphatic carbocycles. The molecule has 2 N–H and O–H groups in total. The molecule has 152 valence electrons. The largest absolute Gasteiger partial charge is 0.375 e. The quantitative estimate of drug-likeness (QED) is 0.803. The molecule has 1 saturated carbocycles. The first-order valence-corrected chi connectivity index (χ1v) is 10.2. The molecule has 3 heterocycles. The van der Waals surface area contributed by atoms with Gasteiger partial charge in [0, 0.05) is 25.9 Å². The van der Waals surface area contributed by atoms with Gasteiger partial charge < -0.3 is 19.9 Å². The van der Waals surface area contributed by atoms with Crippen LogP contribution in [-0.4, -0.2) is 58.5 Å². The third kappa shape index (κ3) is 3.70. The number of amides is 2. The van der Waals surface area contributed by atoms with Crippen LogP contribution in [-0.2, 0) is 9.53 Å². The Labute approximate surface area is 164 Å². The Hall–Kier alpha value is -2.22. The van der Waals surface area contributed by atoms with E-state index in [0.29, 0.717) is 32.5 Å². The average molecular weight is 388 g/mol. The highest BCUT2D eigenvalue weighted by molar-refractivity contribution is 5.92. The van der Waals surface area contributed by atoms with Crippen LogP contribution in [0.15, 0.2) is 17.2 Å². The Morgan fingerprint density at radius 2 is 2.14 bits per heavy atom. The summed E-state index contributed by atoms with van der Waals surface area (Å²) in [5, 5.41) is 3.15. The van der Waals surface area contributed by atoms with Gasteiger partial charge in [-0.3, -0.25) is 14.4 Å². The van der Waals surface area contributed by atoms with Crippen molar-refractivity contribution in [1.82, 2.24) is 20.2 Å². The minimum Gasteiger partial charge on any atom is -0.375 e. The number of fused-ring (bicyclic) bond motifs is 1. The van der Waals surface area contributed by atoms with E-state index < -0.39 is 0 Å². The van der Waals surface area contributed by atoms with Gasteiger partial charge in [-0.05, 0) is 31.1 Å². The average Bonchev–Trinajstić information content (AvgIpc) is 3.35. The number of carbonyl (C=O) groups is 2. The number of nitrogens with zero attached hydrogens (tertiary/aromatic N) is 2. The van der Waals surface area contributed by atoms with Crippen molar-refractivity contribution in [1.29, 1.82) is 0 Å². The van der Waals surface area contributed by atoms with E-state index in [1.165, 1.54) is 19.0 Å². The maximum atomic E-state index is 12.9. The molecule has 0 bridgehead atoms. The molecule has 2 saturated heterocycles. The number of aromatic nitrogens is 2. The van der Waals surface area contributed by atoms with E-state index >= 15 is 0 Å². The molecule has 2 amide bonds. The number of rotatable bonds is 4. The first kappa shape index (κ1) is 19.1. The highest BCUT2D eigenvalue weighted by Gasteiger charge is 2.47. The molecular weight excluding hydrogens is 360 g/mol. The van der Waals surface area contributed by atoms with E-state index in [2.05, 4.69) is 22.2 Å². The molecule has 8 heteroatoms. The third-order valence-corrected chi connectivity index (χ3v) is 6.57. The minimum absolute atomic E-state index is 0.0410. The van der Waals surface area contributed by atoms with E-state index in [1.54, 1.807) is 4.90 Å². The predicted octanol–water partition coefficient (Wildman–Crippen LogP) is 1.09. The van der Waals surface area contributed by atoms with Gasteiger partial charge in [0.2, 0.25) is 5.91 Å². The molecule has 28 heavy (non-hydrogen) atoms. The van der Waals surface area contributed by atoms with Gasteiger partial charge >= 0.3 is 0 Å². The van der Waals surface area contributed by atoms with Gasteiger partial charge in [0.1, 0.15) is 5.69 Å². The number of carbonyl (C=O) groups excluding carboxylic acids is 2. The predicted molar refractivity (Wildman–Crippen MR) is 102 cm³/mol. The highest BCUT2D eigenvalue weighted by atomic mass is 16.5. The maximum absolute atomic E-state index is 12.9. The topological polar surface area (TPSA) is 104 Å². The van der Waals surface area contributed by atoms with E-state index in [4.69, 9.17) is 4.74 Å². The molecule has 2 aliphatic heterocycles. The lowest BCUT2D eigenvalue weighted by atomic mass is 9.85. The number of aromatic amines is 1. The normalized spacial score (nSPS) is 28.8. The molecule has 3 fully saturated rings. The molecule has 3 aliphatic rings. The van der Waals surface area contributed by atoms with Crippen molar-refractivity contribution in [2.75, 3.05) is 19.7 Å². The van der Waals surface area contributed by atoms with Crippen LogP contribution in [0.1, 0.15) is 55.9 Å². The van der Waals surface area contributed by atoms with Gasteiger partial charge in [-0.2, -0.15) is 0 Å². The fraction of sp³-hybridized carbons (Fsp3) is 0.700. The number of H-pyrrole nitrogens is 1. The van der Waals surface area contributed by atoms with Crippen LogP contribution < -0.4 is 10.9 Å². The summed E-state index contributed by atoms with van der Waals surface area (Å²) in [5.74, 6) is -0.418. The fourth-order valence-electron chi connectivity index (χ4n) is 4.90. The summed E-state index contributed by atoms with van der Waals surface area (Å²) in [4.78, 5) is 45.1. The molecule has 0 unspecified atom stereocenters. The van der Waals surface area contributed by atoms with Crippen LogP contribution in [0.2, 0.25) is 0 Å². The van der Waals surface area contributed by atoms with Crippen LogP contribution >= 0.6 is 0 Å². The van der Waals surface area contributed by atoms with Gasteiger partial charge in [-0.15, -0.1) is 0 Å². The summed E-state index contributed by atoms with van der Waals surface area (Å²) in [6.07, 6.45) is 8.25. The summed E-state index contributed by atoms with van der Waals surface area (Å²) in [7, 11) is 0. The number of hydrogen-bond acceptors (Lipinski definition) is 5. The SMILES string of the molecule is CC1(CNC(=O)[C@@H]2CCN(C(=O)c3c[nH]c(=O)cn3)[C@@H]3CCO[C@@H]32)CCCC1. The van der Waals surface area contributed by atoms with Crippen molar-refractivity contribution >= 4 is 11.8 Å². The zero-order valence-corrected chi connectivity index (χ0v) is 16.3. The smallest absolute Gasteiger partial charge is 0.274 e. The molecule has 0 aromatic carbocycles. The van der Waals surface area contributed by atoms with Crippen molar-refractivity contribution in [3.8, 4) is 0 Å². The maximum Gasteiger partial charge on any atom is 0.274 e. The van der Waals surface area contributed by atoms with Crippen molar-refractivity contribution in [2.24, 2.45) is 11.3 Å². The van der Waals surface area contributed by atoms with Crippen molar-refractivity contribution < 1.29 is 14.3 Å². The summed E-state index contributed by atoms with van der Waals surface area (Å²) >= 11 is 0. The summed E-state index contributed by atoms with van der Waals surface area (Å²) in [6.45, 7) is 3.98. The Balaban J connectivity index is 1.42. The molecular formula is C20H28N4O4. The van der Waals surface area contributed by atoms with Gasteiger partial charge in [0.05, 0.1) is 24.3 Å². The zero-order chi connectivity index (χ0) is 19.7. The standard InChI is InChI=1S/C20H28N4O4/c1-20(6-2-3-7-20)12-23-18(26)13-4-8-24(15-5-9-28-17(13)15)19(27)14-10-22-16(25)11-21-14/h10-11,13,15,17H,2-9,12H2,1H3,(H,22,25)(H,23,26)/t13-,15-,17-/m1/s1. The monoisotopic (exact) mass is 388 g/mol. The second-order valence-electron chi connectivity index (χ2n) is 8.62. The first-order chi connectivity index (χ1) is 13.5. The lowest BCUT2D eigenvalue weighted by molar-refractivity contribution is -0.133.